The number of benzene rings is 1. The summed E-state index contributed by atoms with van der Waals surface area (Å²) in [6.07, 6.45) is 3.60. The molecule has 2 N–H and O–H groups in total. The molecule has 1 saturated heterocycles. The third-order valence-corrected chi connectivity index (χ3v) is 4.85. The van der Waals surface area contributed by atoms with Crippen LogP contribution in [0.1, 0.15) is 33.5 Å². The largest absolute Gasteiger partial charge is 0.347 e. The van der Waals surface area contributed by atoms with Crippen LogP contribution in [0.3, 0.4) is 0 Å². The number of nitrogens with one attached hydrogen (secondary N) is 2. The summed E-state index contributed by atoms with van der Waals surface area (Å²) in [5.41, 5.74) is 1.86. The molecule has 2 aromatic heterocycles. The molecule has 27 heavy (non-hydrogen) atoms. The van der Waals surface area contributed by atoms with E-state index in [1.807, 2.05) is 49.4 Å². The highest BCUT2D eigenvalue weighted by molar-refractivity contribution is 5.94. The molecule has 7 nitrogen and oxygen atoms in total. The lowest BCUT2D eigenvalue weighted by atomic mass is 10.0. The summed E-state index contributed by atoms with van der Waals surface area (Å²) in [6.45, 7) is 4.23. The van der Waals surface area contributed by atoms with Crippen LogP contribution >= 0.6 is 0 Å². The third-order valence-electron chi connectivity index (χ3n) is 4.85. The Morgan fingerprint density at radius 1 is 1.19 bits per heavy atom. The topological polar surface area (TPSA) is 86.8 Å². The van der Waals surface area contributed by atoms with E-state index in [0.717, 1.165) is 31.3 Å². The predicted octanol–water partition coefficient (Wildman–Crippen LogP) is 1.91. The number of carbonyl (C=O) groups is 1. The zero-order valence-electron chi connectivity index (χ0n) is 15.2. The molecule has 1 aliphatic heterocycles. The SMILES string of the molecule is Cc1nc([C@@H]2CN(Cc3ccncc3)C[C@H]2NC(=O)c2ccccc2)n[nH]1. The Bertz CT molecular complexity index is 895. The van der Waals surface area contributed by atoms with Crippen molar-refractivity contribution in [3.05, 3.63) is 77.6 Å². The van der Waals surface area contributed by atoms with Crippen LogP contribution in [0.5, 0.6) is 0 Å². The Morgan fingerprint density at radius 2 is 1.96 bits per heavy atom. The first-order valence-corrected chi connectivity index (χ1v) is 9.05. The first kappa shape index (κ1) is 17.4. The van der Waals surface area contributed by atoms with Gasteiger partial charge in [0.15, 0.2) is 5.82 Å². The molecule has 0 saturated carbocycles. The molecule has 1 aliphatic rings. The quantitative estimate of drug-likeness (QED) is 0.724. The molecule has 0 aliphatic carbocycles. The minimum atomic E-state index is -0.0661. The lowest BCUT2D eigenvalue weighted by Gasteiger charge is -2.18. The van der Waals surface area contributed by atoms with Crippen LogP contribution in [0.25, 0.3) is 0 Å². The number of hydrogen-bond donors (Lipinski definition) is 2. The van der Waals surface area contributed by atoms with E-state index in [2.05, 4.69) is 30.4 Å². The maximum atomic E-state index is 12.7. The highest BCUT2D eigenvalue weighted by atomic mass is 16.1. The van der Waals surface area contributed by atoms with Crippen molar-refractivity contribution >= 4 is 5.91 Å². The Morgan fingerprint density at radius 3 is 2.67 bits per heavy atom. The van der Waals surface area contributed by atoms with E-state index in [1.165, 1.54) is 5.56 Å². The first-order chi connectivity index (χ1) is 13.2. The molecule has 0 bridgehead atoms. The highest BCUT2D eigenvalue weighted by Crippen LogP contribution is 2.27. The van der Waals surface area contributed by atoms with E-state index < -0.39 is 0 Å². The number of nitrogens with zero attached hydrogens (tertiary/aromatic N) is 4. The van der Waals surface area contributed by atoms with Gasteiger partial charge in [-0.3, -0.25) is 19.8 Å². The number of aromatic amines is 1. The number of H-pyrrole nitrogens is 1. The number of aryl methyl sites for hydroxylation is 1. The monoisotopic (exact) mass is 362 g/mol. The fourth-order valence-corrected chi connectivity index (χ4v) is 3.54. The molecule has 0 spiro atoms. The van der Waals surface area contributed by atoms with Crippen LogP contribution in [0.15, 0.2) is 54.9 Å². The zero-order chi connectivity index (χ0) is 18.6. The number of amides is 1. The van der Waals surface area contributed by atoms with Crippen LogP contribution in [0.4, 0.5) is 0 Å². The number of likely N-dealkylation sites (tertiary alicyclic amines) is 1. The molecule has 3 heterocycles. The van der Waals surface area contributed by atoms with E-state index in [9.17, 15) is 4.79 Å². The molecule has 1 amide bonds. The number of rotatable bonds is 5. The standard InChI is InChI=1S/C20H22N6O/c1-14-22-19(25-24-14)17-12-26(11-15-7-9-21-10-8-15)13-18(17)23-20(27)16-5-3-2-4-6-16/h2-10,17-18H,11-13H2,1H3,(H,23,27)(H,22,24,25)/t17-,18-/m1/s1. The van der Waals surface area contributed by atoms with Crippen LogP contribution in [-0.2, 0) is 6.54 Å². The van der Waals surface area contributed by atoms with Crippen molar-refractivity contribution in [1.82, 2.24) is 30.4 Å². The van der Waals surface area contributed by atoms with Gasteiger partial charge < -0.3 is 5.32 Å². The Balaban J connectivity index is 1.52. The van der Waals surface area contributed by atoms with Crippen LogP contribution in [-0.4, -0.2) is 50.1 Å². The molecular formula is C20H22N6O. The summed E-state index contributed by atoms with van der Waals surface area (Å²) < 4.78 is 0. The van der Waals surface area contributed by atoms with Crippen molar-refractivity contribution in [2.75, 3.05) is 13.1 Å². The molecule has 2 atom stereocenters. The van der Waals surface area contributed by atoms with E-state index in [4.69, 9.17) is 0 Å². The van der Waals surface area contributed by atoms with Gasteiger partial charge in [0, 0.05) is 37.6 Å². The summed E-state index contributed by atoms with van der Waals surface area (Å²) in [5.74, 6) is 1.52. The second-order valence-corrected chi connectivity index (χ2v) is 6.88. The minimum absolute atomic E-state index is 0.0458. The number of pyridine rings is 1. The van der Waals surface area contributed by atoms with Gasteiger partial charge in [-0.15, -0.1) is 0 Å². The molecule has 0 radical (unpaired) electrons. The van der Waals surface area contributed by atoms with Gasteiger partial charge in [0.2, 0.25) is 0 Å². The smallest absolute Gasteiger partial charge is 0.251 e. The third kappa shape index (κ3) is 4.03. The number of carbonyl (C=O) groups excluding carboxylic acids is 1. The Hall–Kier alpha value is -3.06. The van der Waals surface area contributed by atoms with Gasteiger partial charge in [-0.1, -0.05) is 18.2 Å². The van der Waals surface area contributed by atoms with Gasteiger partial charge in [0.05, 0.1) is 12.0 Å². The summed E-state index contributed by atoms with van der Waals surface area (Å²) in [5, 5.41) is 10.4. The summed E-state index contributed by atoms with van der Waals surface area (Å²) in [4.78, 5) is 23.6. The lowest BCUT2D eigenvalue weighted by Crippen LogP contribution is -2.40. The Labute approximate surface area is 157 Å². The highest BCUT2D eigenvalue weighted by Gasteiger charge is 2.37. The second kappa shape index (κ2) is 7.67. The lowest BCUT2D eigenvalue weighted by molar-refractivity contribution is 0.0934. The maximum Gasteiger partial charge on any atom is 0.251 e. The molecule has 0 unspecified atom stereocenters. The molecule has 138 valence electrons. The minimum Gasteiger partial charge on any atom is -0.347 e. The second-order valence-electron chi connectivity index (χ2n) is 6.88. The first-order valence-electron chi connectivity index (χ1n) is 9.05. The summed E-state index contributed by atoms with van der Waals surface area (Å²) >= 11 is 0. The van der Waals surface area contributed by atoms with Crippen molar-refractivity contribution in [1.29, 1.82) is 0 Å². The number of aromatic nitrogens is 4. The predicted molar refractivity (Wildman–Crippen MR) is 101 cm³/mol. The van der Waals surface area contributed by atoms with Gasteiger partial charge in [-0.05, 0) is 36.8 Å². The molecule has 4 rings (SSSR count). The van der Waals surface area contributed by atoms with Gasteiger partial charge in [-0.2, -0.15) is 5.10 Å². The van der Waals surface area contributed by atoms with Crippen LogP contribution < -0.4 is 5.32 Å². The molecule has 1 aromatic carbocycles. The fraction of sp³-hybridized carbons (Fsp3) is 0.300. The van der Waals surface area contributed by atoms with E-state index >= 15 is 0 Å². The normalized spacial score (nSPS) is 19.9. The van der Waals surface area contributed by atoms with Gasteiger partial charge in [0.25, 0.3) is 5.91 Å². The maximum absolute atomic E-state index is 12.7. The molecule has 3 aromatic rings. The summed E-state index contributed by atoms with van der Waals surface area (Å²) in [6, 6.07) is 13.3. The van der Waals surface area contributed by atoms with Crippen LogP contribution in [0.2, 0.25) is 0 Å². The molecule has 7 heteroatoms. The van der Waals surface area contributed by atoms with Crippen molar-refractivity contribution in [3.8, 4) is 0 Å². The van der Waals surface area contributed by atoms with Gasteiger partial charge in [0.1, 0.15) is 5.82 Å². The van der Waals surface area contributed by atoms with Crippen molar-refractivity contribution in [2.24, 2.45) is 0 Å². The number of hydrogen-bond acceptors (Lipinski definition) is 5. The zero-order valence-corrected chi connectivity index (χ0v) is 15.2. The summed E-state index contributed by atoms with van der Waals surface area (Å²) in [7, 11) is 0. The van der Waals surface area contributed by atoms with Crippen molar-refractivity contribution < 1.29 is 4.79 Å². The van der Waals surface area contributed by atoms with E-state index in [1.54, 1.807) is 12.4 Å². The fourth-order valence-electron chi connectivity index (χ4n) is 3.54. The van der Waals surface area contributed by atoms with Crippen LogP contribution in [0, 0.1) is 6.92 Å². The average Bonchev–Trinajstić information content (AvgIpc) is 3.29. The Kier molecular flexibility index (Phi) is 4.93. The van der Waals surface area contributed by atoms with E-state index in [-0.39, 0.29) is 17.9 Å². The van der Waals surface area contributed by atoms with Crippen molar-refractivity contribution in [2.45, 2.75) is 25.4 Å². The van der Waals surface area contributed by atoms with Crippen molar-refractivity contribution in [3.63, 3.8) is 0 Å². The molecule has 1 fully saturated rings. The van der Waals surface area contributed by atoms with E-state index in [0.29, 0.717) is 5.56 Å². The molecular weight excluding hydrogens is 340 g/mol. The van der Waals surface area contributed by atoms with Gasteiger partial charge >= 0.3 is 0 Å². The van der Waals surface area contributed by atoms with Gasteiger partial charge in [-0.25, -0.2) is 4.98 Å². The average molecular weight is 362 g/mol.